The first-order valence-corrected chi connectivity index (χ1v) is 4.36. The molecule has 0 fully saturated rings. The van der Waals surface area contributed by atoms with Gasteiger partial charge >= 0.3 is 0 Å². The van der Waals surface area contributed by atoms with Gasteiger partial charge in [0.25, 0.3) is 0 Å². The van der Waals surface area contributed by atoms with Gasteiger partial charge in [-0.05, 0) is 6.26 Å². The van der Waals surface area contributed by atoms with Gasteiger partial charge in [0.1, 0.15) is 0 Å². The summed E-state index contributed by atoms with van der Waals surface area (Å²) in [5, 5.41) is 2.58. The van der Waals surface area contributed by atoms with Gasteiger partial charge in [-0.25, -0.2) is 0 Å². The Balaban J connectivity index is 3.20. The van der Waals surface area contributed by atoms with Crippen LogP contribution in [0.3, 0.4) is 0 Å². The Bertz CT molecular complexity index is 157. The molecule has 0 rings (SSSR count). The van der Waals surface area contributed by atoms with Crippen molar-refractivity contribution < 1.29 is 4.79 Å². The van der Waals surface area contributed by atoms with Crippen LogP contribution in [0.2, 0.25) is 0 Å². The van der Waals surface area contributed by atoms with Gasteiger partial charge in [-0.1, -0.05) is 11.8 Å². The van der Waals surface area contributed by atoms with Gasteiger partial charge in [0.05, 0.1) is 12.3 Å². The molecule has 0 saturated heterocycles. The fourth-order valence-corrected chi connectivity index (χ4v) is 0.601. The highest BCUT2D eigenvalue weighted by Crippen LogP contribution is 1.85. The Morgan fingerprint density at radius 2 is 2.30 bits per heavy atom. The molecule has 0 radical (unpaired) electrons. The molecule has 0 aliphatic carbocycles. The number of hydrogen-bond donors (Lipinski definition) is 1. The number of thioether (sulfide) groups is 1. The average Bonchev–Trinajstić information content (AvgIpc) is 1.87. The Morgan fingerprint density at radius 1 is 1.60 bits per heavy atom. The lowest BCUT2D eigenvalue weighted by molar-refractivity contribution is -0.118. The maximum absolute atomic E-state index is 10.3. The smallest absolute Gasteiger partial charge is 0.217 e. The van der Waals surface area contributed by atoms with Crippen LogP contribution < -0.4 is 5.32 Å². The maximum Gasteiger partial charge on any atom is 0.217 e. The molecular formula is C7H11NOS. The molecule has 0 aliphatic heterocycles. The minimum atomic E-state index is -0.0292. The molecule has 0 atom stereocenters. The van der Waals surface area contributed by atoms with E-state index in [1.165, 1.54) is 6.92 Å². The van der Waals surface area contributed by atoms with Crippen LogP contribution in [0, 0.1) is 11.8 Å². The Morgan fingerprint density at radius 3 is 2.80 bits per heavy atom. The van der Waals surface area contributed by atoms with Crippen LogP contribution in [-0.4, -0.2) is 24.5 Å². The number of hydrogen-bond acceptors (Lipinski definition) is 2. The molecule has 0 saturated carbocycles. The van der Waals surface area contributed by atoms with E-state index < -0.39 is 0 Å². The Labute approximate surface area is 65.8 Å². The monoisotopic (exact) mass is 157 g/mol. The zero-order chi connectivity index (χ0) is 7.82. The summed E-state index contributed by atoms with van der Waals surface area (Å²) in [5.74, 6) is 6.51. The summed E-state index contributed by atoms with van der Waals surface area (Å²) in [7, 11) is 0. The number of rotatable bonds is 2. The first-order chi connectivity index (χ1) is 4.77. The van der Waals surface area contributed by atoms with Crippen LogP contribution in [0.4, 0.5) is 0 Å². The van der Waals surface area contributed by atoms with Crippen molar-refractivity contribution in [2.24, 2.45) is 0 Å². The summed E-state index contributed by atoms with van der Waals surface area (Å²) in [6.45, 7) is 1.95. The van der Waals surface area contributed by atoms with E-state index in [0.717, 1.165) is 5.75 Å². The van der Waals surface area contributed by atoms with Crippen molar-refractivity contribution in [2.75, 3.05) is 18.6 Å². The molecular weight excluding hydrogens is 146 g/mol. The lowest BCUT2D eigenvalue weighted by Crippen LogP contribution is -2.19. The van der Waals surface area contributed by atoms with Crippen LogP contribution in [-0.2, 0) is 4.79 Å². The quantitative estimate of drug-likeness (QED) is 0.591. The van der Waals surface area contributed by atoms with Crippen LogP contribution in [0.1, 0.15) is 6.92 Å². The fraction of sp³-hybridized carbons (Fsp3) is 0.571. The molecule has 0 unspecified atom stereocenters. The topological polar surface area (TPSA) is 29.1 Å². The minimum absolute atomic E-state index is 0.0292. The molecule has 10 heavy (non-hydrogen) atoms. The second kappa shape index (κ2) is 6.50. The fourth-order valence-electron chi connectivity index (χ4n) is 0.354. The van der Waals surface area contributed by atoms with Crippen LogP contribution in [0.15, 0.2) is 0 Å². The number of carbonyl (C=O) groups excluding carboxylic acids is 1. The highest BCUT2D eigenvalue weighted by Gasteiger charge is 1.82. The second-order valence-electron chi connectivity index (χ2n) is 1.70. The lowest BCUT2D eigenvalue weighted by Gasteiger charge is -1.90. The summed E-state index contributed by atoms with van der Waals surface area (Å²) in [5.41, 5.74) is 0. The maximum atomic E-state index is 10.3. The molecule has 2 nitrogen and oxygen atoms in total. The van der Waals surface area contributed by atoms with Crippen molar-refractivity contribution >= 4 is 17.7 Å². The predicted molar refractivity (Wildman–Crippen MR) is 44.8 cm³/mol. The van der Waals surface area contributed by atoms with Crippen molar-refractivity contribution in [3.8, 4) is 11.8 Å². The number of amides is 1. The molecule has 56 valence electrons. The lowest BCUT2D eigenvalue weighted by atomic mass is 10.5. The standard InChI is InChI=1S/C7H11NOS/c1-7(9)8-5-3-4-6-10-2/h5-6H2,1-2H3,(H,8,9). The summed E-state index contributed by atoms with van der Waals surface area (Å²) in [4.78, 5) is 10.3. The van der Waals surface area contributed by atoms with E-state index in [0.29, 0.717) is 6.54 Å². The van der Waals surface area contributed by atoms with E-state index in [4.69, 9.17) is 0 Å². The Kier molecular flexibility index (Phi) is 6.10. The van der Waals surface area contributed by atoms with Gasteiger partial charge in [-0.15, -0.1) is 0 Å². The summed E-state index contributed by atoms with van der Waals surface area (Å²) in [6, 6.07) is 0. The van der Waals surface area contributed by atoms with E-state index in [1.807, 2.05) is 6.26 Å². The number of carbonyl (C=O) groups is 1. The van der Waals surface area contributed by atoms with Gasteiger partial charge in [0.15, 0.2) is 0 Å². The SMILES string of the molecule is CSCC#CCNC(C)=O. The van der Waals surface area contributed by atoms with Crippen LogP contribution >= 0.6 is 11.8 Å². The molecule has 0 spiro atoms. The highest BCUT2D eigenvalue weighted by atomic mass is 32.2. The molecule has 1 amide bonds. The van der Waals surface area contributed by atoms with Crippen molar-refractivity contribution in [1.29, 1.82) is 0 Å². The van der Waals surface area contributed by atoms with E-state index in [-0.39, 0.29) is 5.91 Å². The van der Waals surface area contributed by atoms with Crippen molar-refractivity contribution in [2.45, 2.75) is 6.92 Å². The molecule has 0 bridgehead atoms. The van der Waals surface area contributed by atoms with Crippen molar-refractivity contribution in [3.05, 3.63) is 0 Å². The van der Waals surface area contributed by atoms with Crippen LogP contribution in [0.5, 0.6) is 0 Å². The van der Waals surface area contributed by atoms with Crippen molar-refractivity contribution in [1.82, 2.24) is 5.32 Å². The van der Waals surface area contributed by atoms with Gasteiger partial charge in [-0.2, -0.15) is 11.8 Å². The van der Waals surface area contributed by atoms with E-state index in [1.54, 1.807) is 11.8 Å². The third kappa shape index (κ3) is 7.38. The highest BCUT2D eigenvalue weighted by molar-refractivity contribution is 7.98. The minimum Gasteiger partial charge on any atom is -0.345 e. The Hall–Kier alpha value is -0.620. The van der Waals surface area contributed by atoms with Gasteiger partial charge in [-0.3, -0.25) is 4.79 Å². The molecule has 1 N–H and O–H groups in total. The third-order valence-electron chi connectivity index (χ3n) is 0.767. The van der Waals surface area contributed by atoms with Gasteiger partial charge < -0.3 is 5.32 Å². The summed E-state index contributed by atoms with van der Waals surface area (Å²) in [6.07, 6.45) is 1.99. The summed E-state index contributed by atoms with van der Waals surface area (Å²) >= 11 is 1.67. The van der Waals surface area contributed by atoms with E-state index in [9.17, 15) is 4.79 Å². The van der Waals surface area contributed by atoms with Crippen molar-refractivity contribution in [3.63, 3.8) is 0 Å². The molecule has 0 heterocycles. The molecule has 0 aromatic carbocycles. The molecule has 0 aromatic rings. The number of nitrogens with one attached hydrogen (secondary N) is 1. The zero-order valence-electron chi connectivity index (χ0n) is 6.23. The van der Waals surface area contributed by atoms with Gasteiger partial charge in [0, 0.05) is 6.92 Å². The van der Waals surface area contributed by atoms with E-state index >= 15 is 0 Å². The van der Waals surface area contributed by atoms with E-state index in [2.05, 4.69) is 17.2 Å². The third-order valence-corrected chi connectivity index (χ3v) is 1.20. The average molecular weight is 157 g/mol. The zero-order valence-corrected chi connectivity index (χ0v) is 7.05. The normalized spacial score (nSPS) is 7.80. The summed E-state index contributed by atoms with van der Waals surface area (Å²) < 4.78 is 0. The second-order valence-corrected chi connectivity index (χ2v) is 2.56. The first-order valence-electron chi connectivity index (χ1n) is 2.96. The molecule has 3 heteroatoms. The molecule has 0 aromatic heterocycles. The largest absolute Gasteiger partial charge is 0.345 e. The first kappa shape index (κ1) is 9.38. The van der Waals surface area contributed by atoms with Gasteiger partial charge in [0.2, 0.25) is 5.91 Å². The predicted octanol–water partition coefficient (Wildman–Crippen LogP) is 0.489. The van der Waals surface area contributed by atoms with Crippen LogP contribution in [0.25, 0.3) is 0 Å². The molecule has 0 aliphatic rings.